The second-order valence-electron chi connectivity index (χ2n) is 3.74. The van der Waals surface area contributed by atoms with Crippen LogP contribution < -0.4 is 0 Å². The Balaban J connectivity index is 2.48. The first kappa shape index (κ1) is 13.6. The summed E-state index contributed by atoms with van der Waals surface area (Å²) in [5.74, 6) is 0. The summed E-state index contributed by atoms with van der Waals surface area (Å²) in [6.45, 7) is 0. The molecule has 0 atom stereocenters. The second kappa shape index (κ2) is 5.05. The highest BCUT2D eigenvalue weighted by molar-refractivity contribution is 9.08. The molecule has 1 aromatic carbocycles. The fourth-order valence-electron chi connectivity index (χ4n) is 1.56. The molecule has 2 aromatic rings. The van der Waals surface area contributed by atoms with E-state index in [1.165, 1.54) is 6.20 Å². The van der Waals surface area contributed by atoms with Gasteiger partial charge in [0.25, 0.3) is 0 Å². The fraction of sp³-hybridized carbons (Fsp3) is 0.167. The number of rotatable bonds is 2. The summed E-state index contributed by atoms with van der Waals surface area (Å²) < 4.78 is 38.5. The van der Waals surface area contributed by atoms with Crippen LogP contribution in [0.5, 0.6) is 0 Å². The maximum absolute atomic E-state index is 12.5. The summed E-state index contributed by atoms with van der Waals surface area (Å²) >= 11 is 3.25. The van der Waals surface area contributed by atoms with Crippen molar-refractivity contribution in [2.45, 2.75) is 11.5 Å². The lowest BCUT2D eigenvalue weighted by molar-refractivity contribution is -0.141. The summed E-state index contributed by atoms with van der Waals surface area (Å²) in [7, 11) is 0. The van der Waals surface area contributed by atoms with Gasteiger partial charge in [0.2, 0.25) is 0 Å². The molecule has 0 fully saturated rings. The number of benzene rings is 1. The average Bonchev–Trinajstić information content (AvgIpc) is 2.87. The second-order valence-corrected chi connectivity index (χ2v) is 4.30. The van der Waals surface area contributed by atoms with E-state index in [2.05, 4.69) is 21.0 Å². The van der Waals surface area contributed by atoms with Gasteiger partial charge in [-0.3, -0.25) is 0 Å². The van der Waals surface area contributed by atoms with Gasteiger partial charge in [0.15, 0.2) is 5.69 Å². The van der Waals surface area contributed by atoms with Crippen LogP contribution in [-0.4, -0.2) is 9.78 Å². The Morgan fingerprint density at radius 3 is 2.58 bits per heavy atom. The Morgan fingerprint density at radius 2 is 2.05 bits per heavy atom. The first-order chi connectivity index (χ1) is 8.95. The zero-order valence-corrected chi connectivity index (χ0v) is 11.0. The van der Waals surface area contributed by atoms with Crippen LogP contribution >= 0.6 is 15.9 Å². The first-order valence-corrected chi connectivity index (χ1v) is 6.30. The van der Waals surface area contributed by atoms with E-state index in [0.29, 0.717) is 11.0 Å². The maximum atomic E-state index is 12.5. The van der Waals surface area contributed by atoms with Gasteiger partial charge < -0.3 is 0 Å². The Morgan fingerprint density at radius 1 is 1.32 bits per heavy atom. The minimum absolute atomic E-state index is 0.272. The molecule has 0 unspecified atom stereocenters. The molecule has 98 valence electrons. The van der Waals surface area contributed by atoms with Gasteiger partial charge >= 0.3 is 6.18 Å². The molecular weight excluding hydrogens is 323 g/mol. The highest BCUT2D eigenvalue weighted by atomic mass is 79.9. The number of hydrogen-bond acceptors (Lipinski definition) is 2. The molecule has 0 radical (unpaired) electrons. The predicted octanol–water partition coefficient (Wildman–Crippen LogP) is 3.66. The van der Waals surface area contributed by atoms with E-state index in [1.54, 1.807) is 18.2 Å². The zero-order chi connectivity index (χ0) is 14.0. The van der Waals surface area contributed by atoms with E-state index in [4.69, 9.17) is 5.26 Å². The highest BCUT2D eigenvalue weighted by Crippen LogP contribution is 2.28. The van der Waals surface area contributed by atoms with Gasteiger partial charge in [-0.1, -0.05) is 22.0 Å². The van der Waals surface area contributed by atoms with Crippen LogP contribution in [0.2, 0.25) is 0 Å². The fourth-order valence-corrected chi connectivity index (χ4v) is 1.91. The van der Waals surface area contributed by atoms with Crippen molar-refractivity contribution in [2.24, 2.45) is 0 Å². The highest BCUT2D eigenvalue weighted by Gasteiger charge is 2.33. The van der Waals surface area contributed by atoms with Crippen molar-refractivity contribution in [3.8, 4) is 11.8 Å². The van der Waals surface area contributed by atoms with Crippen molar-refractivity contribution in [2.75, 3.05) is 0 Å². The van der Waals surface area contributed by atoms with E-state index >= 15 is 0 Å². The third-order valence-electron chi connectivity index (χ3n) is 2.46. The summed E-state index contributed by atoms with van der Waals surface area (Å²) in [4.78, 5) is 0. The van der Waals surface area contributed by atoms with E-state index < -0.39 is 11.9 Å². The van der Waals surface area contributed by atoms with Crippen LogP contribution in [0.3, 0.4) is 0 Å². The van der Waals surface area contributed by atoms with Crippen molar-refractivity contribution < 1.29 is 13.2 Å². The Bertz CT molecular complexity index is 640. The van der Waals surface area contributed by atoms with Gasteiger partial charge in [-0.15, -0.1) is 0 Å². The largest absolute Gasteiger partial charge is 0.435 e. The predicted molar refractivity (Wildman–Crippen MR) is 65.9 cm³/mol. The van der Waals surface area contributed by atoms with Crippen molar-refractivity contribution in [3.63, 3.8) is 0 Å². The summed E-state index contributed by atoms with van der Waals surface area (Å²) in [6.07, 6.45) is -3.30. The van der Waals surface area contributed by atoms with Crippen LogP contribution in [0, 0.1) is 11.3 Å². The number of nitrogens with zero attached hydrogens (tertiary/aromatic N) is 3. The molecule has 0 amide bonds. The van der Waals surface area contributed by atoms with Crippen LogP contribution in [0.1, 0.15) is 16.8 Å². The number of hydrogen-bond donors (Lipinski definition) is 0. The molecule has 0 aliphatic rings. The number of nitriles is 1. The molecule has 2 rings (SSSR count). The Kier molecular flexibility index (Phi) is 3.62. The lowest BCUT2D eigenvalue weighted by Gasteiger charge is -2.06. The third kappa shape index (κ3) is 2.79. The van der Waals surface area contributed by atoms with Crippen LogP contribution in [0.4, 0.5) is 13.2 Å². The standard InChI is InChI=1S/C12H7BrF3N3/c13-6-8-1-2-10(9(5-8)7-17)19-4-3-11(18-19)12(14,15)16/h1-5H,6H2. The van der Waals surface area contributed by atoms with Gasteiger partial charge in [0.05, 0.1) is 11.3 Å². The molecule has 0 bridgehead atoms. The monoisotopic (exact) mass is 329 g/mol. The minimum Gasteiger partial charge on any atom is -0.239 e. The number of alkyl halides is 4. The molecule has 7 heteroatoms. The smallest absolute Gasteiger partial charge is 0.239 e. The van der Waals surface area contributed by atoms with E-state index in [-0.39, 0.29) is 5.56 Å². The lowest BCUT2D eigenvalue weighted by Crippen LogP contribution is -2.07. The molecule has 0 aliphatic heterocycles. The van der Waals surface area contributed by atoms with Crippen molar-refractivity contribution >= 4 is 15.9 Å². The first-order valence-electron chi connectivity index (χ1n) is 5.18. The quantitative estimate of drug-likeness (QED) is 0.789. The van der Waals surface area contributed by atoms with Gasteiger partial charge in [-0.2, -0.15) is 23.5 Å². The normalized spacial score (nSPS) is 11.3. The zero-order valence-electron chi connectivity index (χ0n) is 9.45. The van der Waals surface area contributed by atoms with E-state index in [1.807, 2.05) is 6.07 Å². The summed E-state index contributed by atoms with van der Waals surface area (Å²) in [5.41, 5.74) is 0.473. The molecular formula is C12H7BrF3N3. The molecule has 0 aliphatic carbocycles. The molecule has 0 spiro atoms. The van der Waals surface area contributed by atoms with Gasteiger partial charge in [-0.25, -0.2) is 4.68 Å². The van der Waals surface area contributed by atoms with Crippen LogP contribution in [0.15, 0.2) is 30.5 Å². The van der Waals surface area contributed by atoms with Crippen molar-refractivity contribution in [1.29, 1.82) is 5.26 Å². The summed E-state index contributed by atoms with van der Waals surface area (Å²) in [5, 5.41) is 13.0. The average molecular weight is 330 g/mol. The van der Waals surface area contributed by atoms with E-state index in [0.717, 1.165) is 16.3 Å². The number of halogens is 4. The molecule has 1 heterocycles. The van der Waals surface area contributed by atoms with Crippen molar-refractivity contribution in [3.05, 3.63) is 47.3 Å². The Hall–Kier alpha value is -1.81. The molecule has 0 N–H and O–H groups in total. The minimum atomic E-state index is -4.49. The molecule has 0 saturated carbocycles. The molecule has 1 aromatic heterocycles. The Labute approximate surface area is 115 Å². The molecule has 19 heavy (non-hydrogen) atoms. The SMILES string of the molecule is N#Cc1cc(CBr)ccc1-n1ccc(C(F)(F)F)n1. The van der Waals surface area contributed by atoms with Crippen LogP contribution in [-0.2, 0) is 11.5 Å². The lowest BCUT2D eigenvalue weighted by atomic mass is 10.1. The third-order valence-corrected chi connectivity index (χ3v) is 3.11. The van der Waals surface area contributed by atoms with Gasteiger partial charge in [-0.05, 0) is 23.8 Å². The van der Waals surface area contributed by atoms with Crippen LogP contribution in [0.25, 0.3) is 5.69 Å². The maximum Gasteiger partial charge on any atom is 0.435 e. The summed E-state index contributed by atoms with van der Waals surface area (Å²) in [6, 6.07) is 7.73. The topological polar surface area (TPSA) is 41.6 Å². The van der Waals surface area contributed by atoms with E-state index in [9.17, 15) is 13.2 Å². The molecule has 0 saturated heterocycles. The number of aromatic nitrogens is 2. The molecule has 3 nitrogen and oxygen atoms in total. The van der Waals surface area contributed by atoms with Gasteiger partial charge in [0.1, 0.15) is 6.07 Å². The van der Waals surface area contributed by atoms with Crippen molar-refractivity contribution in [1.82, 2.24) is 9.78 Å². The van der Waals surface area contributed by atoms with Gasteiger partial charge in [0, 0.05) is 11.5 Å².